The maximum absolute atomic E-state index is 11.4. The second-order valence-electron chi connectivity index (χ2n) is 4.67. The number of Topliss-reactive ketones (excluding diaryl/α,β-unsaturated/α-hetero) is 2. The maximum atomic E-state index is 11.4. The molecule has 0 atom stereocenters. The largest absolute Gasteiger partial charge is 0.387 e. The van der Waals surface area contributed by atoms with E-state index < -0.39 is 0 Å². The summed E-state index contributed by atoms with van der Waals surface area (Å²) in [4.78, 5) is 32.8. The van der Waals surface area contributed by atoms with Crippen LogP contribution < -0.4 is 10.6 Å². The predicted octanol–water partition coefficient (Wildman–Crippen LogP) is 1.33. The van der Waals surface area contributed by atoms with Gasteiger partial charge in [0.15, 0.2) is 0 Å². The molecule has 19 heavy (non-hydrogen) atoms. The van der Waals surface area contributed by atoms with E-state index in [4.69, 9.17) is 0 Å². The summed E-state index contributed by atoms with van der Waals surface area (Å²) in [6.07, 6.45) is 2.70. The van der Waals surface area contributed by atoms with E-state index in [1.165, 1.54) is 6.92 Å². The molecule has 0 radical (unpaired) electrons. The Morgan fingerprint density at radius 3 is 2.05 bits per heavy atom. The van der Waals surface area contributed by atoms with Crippen molar-refractivity contribution >= 4 is 17.5 Å². The van der Waals surface area contributed by atoms with Gasteiger partial charge in [-0.1, -0.05) is 6.58 Å². The van der Waals surface area contributed by atoms with Crippen LogP contribution >= 0.6 is 0 Å². The summed E-state index contributed by atoms with van der Waals surface area (Å²) in [6, 6.07) is 0. The highest BCUT2D eigenvalue weighted by atomic mass is 16.1. The third kappa shape index (κ3) is 12.6. The second kappa shape index (κ2) is 10.3. The zero-order valence-corrected chi connectivity index (χ0v) is 11.9. The highest BCUT2D eigenvalue weighted by Gasteiger charge is 2.03. The van der Waals surface area contributed by atoms with Crippen molar-refractivity contribution in [3.05, 3.63) is 12.3 Å². The molecule has 0 bridgehead atoms. The number of hydrogen-bond donors (Lipinski definition) is 2. The van der Waals surface area contributed by atoms with Gasteiger partial charge in [-0.05, 0) is 26.7 Å². The Balaban J connectivity index is 3.53. The van der Waals surface area contributed by atoms with Gasteiger partial charge in [0.2, 0.25) is 5.91 Å². The molecule has 5 heteroatoms. The highest BCUT2D eigenvalue weighted by molar-refractivity contribution is 5.78. The Bertz CT molecular complexity index is 338. The van der Waals surface area contributed by atoms with Gasteiger partial charge in [0.25, 0.3) is 0 Å². The average Bonchev–Trinajstić information content (AvgIpc) is 2.31. The minimum Gasteiger partial charge on any atom is -0.387 e. The van der Waals surface area contributed by atoms with E-state index >= 15 is 0 Å². The van der Waals surface area contributed by atoms with Crippen molar-refractivity contribution in [1.82, 2.24) is 10.6 Å². The predicted molar refractivity (Wildman–Crippen MR) is 74.6 cm³/mol. The lowest BCUT2D eigenvalue weighted by atomic mass is 10.2. The van der Waals surface area contributed by atoms with E-state index in [0.29, 0.717) is 38.8 Å². The Morgan fingerprint density at radius 2 is 1.47 bits per heavy atom. The molecular formula is C14H24N2O3. The van der Waals surface area contributed by atoms with Gasteiger partial charge in [-0.25, -0.2) is 0 Å². The van der Waals surface area contributed by atoms with Crippen LogP contribution in [0.15, 0.2) is 12.3 Å². The molecule has 5 nitrogen and oxygen atoms in total. The van der Waals surface area contributed by atoms with Crippen LogP contribution in [0.5, 0.6) is 0 Å². The molecule has 0 aromatic rings. The lowest BCUT2D eigenvalue weighted by molar-refractivity contribution is -0.121. The van der Waals surface area contributed by atoms with Crippen LogP contribution in [0.25, 0.3) is 0 Å². The van der Waals surface area contributed by atoms with Gasteiger partial charge in [-0.15, -0.1) is 0 Å². The average molecular weight is 268 g/mol. The van der Waals surface area contributed by atoms with E-state index in [1.54, 1.807) is 6.92 Å². The molecule has 0 aliphatic rings. The van der Waals surface area contributed by atoms with Crippen molar-refractivity contribution in [1.29, 1.82) is 0 Å². The topological polar surface area (TPSA) is 75.3 Å². The molecule has 0 aliphatic carbocycles. The fourth-order valence-corrected chi connectivity index (χ4v) is 1.46. The first kappa shape index (κ1) is 17.4. The lowest BCUT2D eigenvalue weighted by Gasteiger charge is -2.10. The number of carbonyl (C=O) groups is 3. The summed E-state index contributed by atoms with van der Waals surface area (Å²) in [5, 5.41) is 5.78. The molecule has 0 fully saturated rings. The van der Waals surface area contributed by atoms with Crippen LogP contribution in [0.3, 0.4) is 0 Å². The first-order chi connectivity index (χ1) is 8.91. The number of nitrogens with one attached hydrogen (secondary N) is 2. The molecule has 0 rings (SSSR count). The second-order valence-corrected chi connectivity index (χ2v) is 4.67. The third-order valence-corrected chi connectivity index (χ3v) is 2.51. The highest BCUT2D eigenvalue weighted by Crippen LogP contribution is 1.96. The number of rotatable bonds is 11. The van der Waals surface area contributed by atoms with Gasteiger partial charge in [0.1, 0.15) is 11.6 Å². The first-order valence-electron chi connectivity index (χ1n) is 6.59. The van der Waals surface area contributed by atoms with Crippen molar-refractivity contribution < 1.29 is 14.4 Å². The Labute approximate surface area is 114 Å². The standard InChI is InChI=1S/C14H24N2O3/c1-11(15-9-5-7-13(3)18)10-16-14(19)8-4-6-12(2)17/h15H,1,4-10H2,2-3H3,(H,16,19). The van der Waals surface area contributed by atoms with Gasteiger partial charge in [-0.3, -0.25) is 4.79 Å². The van der Waals surface area contributed by atoms with Crippen molar-refractivity contribution in [2.24, 2.45) is 0 Å². The van der Waals surface area contributed by atoms with E-state index in [-0.39, 0.29) is 17.5 Å². The summed E-state index contributed by atoms with van der Waals surface area (Å²) in [6.45, 7) is 7.92. The fraction of sp³-hybridized carbons (Fsp3) is 0.643. The van der Waals surface area contributed by atoms with Crippen LogP contribution in [0, 0.1) is 0 Å². The molecule has 108 valence electrons. The summed E-state index contributed by atoms with van der Waals surface area (Å²) >= 11 is 0. The van der Waals surface area contributed by atoms with Crippen molar-refractivity contribution in [3.63, 3.8) is 0 Å². The molecule has 0 unspecified atom stereocenters. The maximum Gasteiger partial charge on any atom is 0.220 e. The quantitative estimate of drug-likeness (QED) is 0.554. The zero-order valence-electron chi connectivity index (χ0n) is 11.9. The Kier molecular flexibility index (Phi) is 9.40. The summed E-state index contributed by atoms with van der Waals surface area (Å²) in [5.41, 5.74) is 0.725. The number of carbonyl (C=O) groups excluding carboxylic acids is 3. The van der Waals surface area contributed by atoms with Crippen LogP contribution in [0.1, 0.15) is 46.0 Å². The van der Waals surface area contributed by atoms with Gasteiger partial charge in [0, 0.05) is 31.5 Å². The van der Waals surface area contributed by atoms with Crippen LogP contribution in [0.4, 0.5) is 0 Å². The number of hydrogen-bond acceptors (Lipinski definition) is 4. The van der Waals surface area contributed by atoms with E-state index in [2.05, 4.69) is 17.2 Å². The zero-order chi connectivity index (χ0) is 14.7. The molecule has 0 aliphatic heterocycles. The first-order valence-corrected chi connectivity index (χ1v) is 6.59. The van der Waals surface area contributed by atoms with Gasteiger partial charge in [0.05, 0.1) is 6.54 Å². The van der Waals surface area contributed by atoms with Crippen molar-refractivity contribution in [3.8, 4) is 0 Å². The number of ketones is 2. The lowest BCUT2D eigenvalue weighted by Crippen LogP contribution is -2.30. The van der Waals surface area contributed by atoms with Gasteiger partial charge >= 0.3 is 0 Å². The van der Waals surface area contributed by atoms with Gasteiger partial charge < -0.3 is 20.2 Å². The van der Waals surface area contributed by atoms with Crippen LogP contribution in [0.2, 0.25) is 0 Å². The minimum absolute atomic E-state index is 0.0760. The molecule has 0 aromatic carbocycles. The number of amides is 1. The smallest absolute Gasteiger partial charge is 0.220 e. The van der Waals surface area contributed by atoms with Crippen LogP contribution in [-0.2, 0) is 14.4 Å². The fourth-order valence-electron chi connectivity index (χ4n) is 1.46. The molecule has 1 amide bonds. The molecule has 0 spiro atoms. The van der Waals surface area contributed by atoms with E-state index in [0.717, 1.165) is 12.1 Å². The Morgan fingerprint density at radius 1 is 0.895 bits per heavy atom. The van der Waals surface area contributed by atoms with Gasteiger partial charge in [-0.2, -0.15) is 0 Å². The van der Waals surface area contributed by atoms with Crippen molar-refractivity contribution in [2.45, 2.75) is 46.0 Å². The molecule has 0 heterocycles. The third-order valence-electron chi connectivity index (χ3n) is 2.51. The van der Waals surface area contributed by atoms with Crippen molar-refractivity contribution in [2.75, 3.05) is 13.1 Å². The van der Waals surface area contributed by atoms with E-state index in [9.17, 15) is 14.4 Å². The van der Waals surface area contributed by atoms with Crippen LogP contribution in [-0.4, -0.2) is 30.6 Å². The van der Waals surface area contributed by atoms with E-state index in [1.807, 2.05) is 0 Å². The molecule has 0 aromatic heterocycles. The monoisotopic (exact) mass is 268 g/mol. The molecule has 0 saturated carbocycles. The SMILES string of the molecule is C=C(CNC(=O)CCCC(C)=O)NCCCC(C)=O. The Hall–Kier alpha value is -1.65. The minimum atomic E-state index is -0.0760. The molecule has 0 saturated heterocycles. The summed E-state index contributed by atoms with van der Waals surface area (Å²) in [5.74, 6) is 0.198. The molecular weight excluding hydrogens is 244 g/mol. The summed E-state index contributed by atoms with van der Waals surface area (Å²) < 4.78 is 0. The summed E-state index contributed by atoms with van der Waals surface area (Å²) in [7, 11) is 0. The normalized spacial score (nSPS) is 9.79. The molecule has 2 N–H and O–H groups in total.